The Hall–Kier alpha value is -1.13. The molecule has 20 heavy (non-hydrogen) atoms. The molecular formula is C16H23N3S. The number of nitrogens with zero attached hydrogens (tertiary/aromatic N) is 3. The van der Waals surface area contributed by atoms with Crippen molar-refractivity contribution >= 4 is 27.2 Å². The number of aromatic nitrogens is 1. The highest BCUT2D eigenvalue weighted by Gasteiger charge is 2.24. The van der Waals surface area contributed by atoms with Crippen LogP contribution < -0.4 is 4.90 Å². The molecule has 3 heterocycles. The van der Waals surface area contributed by atoms with E-state index in [9.17, 15) is 0 Å². The topological polar surface area (TPSA) is 19.4 Å². The van der Waals surface area contributed by atoms with Crippen molar-refractivity contribution in [3.8, 4) is 0 Å². The molecule has 0 unspecified atom stereocenters. The first-order valence-electron chi connectivity index (χ1n) is 7.46. The Morgan fingerprint density at radius 3 is 2.75 bits per heavy atom. The number of rotatable bonds is 3. The van der Waals surface area contributed by atoms with Crippen LogP contribution in [0.5, 0.6) is 0 Å². The van der Waals surface area contributed by atoms with Crippen molar-refractivity contribution in [2.45, 2.75) is 38.8 Å². The minimum Gasteiger partial charge on any atom is -0.370 e. The molecule has 0 aliphatic carbocycles. The van der Waals surface area contributed by atoms with Crippen LogP contribution >= 0.6 is 11.3 Å². The van der Waals surface area contributed by atoms with Crippen LogP contribution in [-0.4, -0.2) is 42.1 Å². The summed E-state index contributed by atoms with van der Waals surface area (Å²) in [5, 5.41) is 2.14. The molecule has 1 fully saturated rings. The molecular weight excluding hydrogens is 266 g/mol. The van der Waals surface area contributed by atoms with Gasteiger partial charge in [0, 0.05) is 38.4 Å². The van der Waals surface area contributed by atoms with Crippen LogP contribution in [0.3, 0.4) is 0 Å². The third-order valence-electron chi connectivity index (χ3n) is 4.48. The number of piperidine rings is 1. The van der Waals surface area contributed by atoms with Gasteiger partial charge in [-0.05, 0) is 44.2 Å². The highest BCUT2D eigenvalue weighted by molar-refractivity contribution is 7.17. The lowest BCUT2D eigenvalue weighted by Crippen LogP contribution is -2.45. The van der Waals surface area contributed by atoms with Gasteiger partial charge in [0.2, 0.25) is 0 Å². The van der Waals surface area contributed by atoms with Gasteiger partial charge in [-0.25, -0.2) is 0 Å². The van der Waals surface area contributed by atoms with E-state index in [1.807, 2.05) is 6.20 Å². The second kappa shape index (κ2) is 5.70. The lowest BCUT2D eigenvalue weighted by molar-refractivity contribution is 0.171. The highest BCUT2D eigenvalue weighted by Crippen LogP contribution is 2.32. The van der Waals surface area contributed by atoms with Gasteiger partial charge in [-0.15, -0.1) is 11.3 Å². The lowest BCUT2D eigenvalue weighted by atomic mass is 10.0. The van der Waals surface area contributed by atoms with Crippen molar-refractivity contribution in [1.29, 1.82) is 0 Å². The van der Waals surface area contributed by atoms with Crippen molar-refractivity contribution in [3.05, 3.63) is 23.7 Å². The molecule has 1 saturated heterocycles. The maximum absolute atomic E-state index is 4.44. The predicted molar refractivity (Wildman–Crippen MR) is 87.8 cm³/mol. The lowest BCUT2D eigenvalue weighted by Gasteiger charge is -2.39. The summed E-state index contributed by atoms with van der Waals surface area (Å²) >= 11 is 1.80. The molecule has 108 valence electrons. The normalized spacial score (nSPS) is 18.0. The fourth-order valence-corrected chi connectivity index (χ4v) is 4.03. The summed E-state index contributed by atoms with van der Waals surface area (Å²) in [7, 11) is 2.24. The fraction of sp³-hybridized carbons (Fsp3) is 0.562. The summed E-state index contributed by atoms with van der Waals surface area (Å²) in [6.07, 6.45) is 4.44. The van der Waals surface area contributed by atoms with Gasteiger partial charge in [0.1, 0.15) is 0 Å². The Morgan fingerprint density at radius 1 is 1.30 bits per heavy atom. The Labute approximate surface area is 125 Å². The van der Waals surface area contributed by atoms with Crippen LogP contribution in [0.15, 0.2) is 23.7 Å². The maximum Gasteiger partial charge on any atom is 0.0830 e. The van der Waals surface area contributed by atoms with Crippen molar-refractivity contribution in [2.24, 2.45) is 0 Å². The molecule has 0 atom stereocenters. The number of likely N-dealkylation sites (tertiary alicyclic amines) is 1. The maximum atomic E-state index is 4.44. The highest BCUT2D eigenvalue weighted by atomic mass is 32.1. The minimum absolute atomic E-state index is 0.651. The molecule has 3 nitrogen and oxygen atoms in total. The third-order valence-corrected chi connectivity index (χ3v) is 5.41. The van der Waals surface area contributed by atoms with Crippen LogP contribution in [0.1, 0.15) is 26.7 Å². The van der Waals surface area contributed by atoms with E-state index in [0.29, 0.717) is 12.1 Å². The number of pyridine rings is 1. The average molecular weight is 289 g/mol. The first kappa shape index (κ1) is 13.8. The first-order valence-corrected chi connectivity index (χ1v) is 8.34. The molecule has 0 spiro atoms. The third kappa shape index (κ3) is 2.54. The smallest absolute Gasteiger partial charge is 0.0830 e. The summed E-state index contributed by atoms with van der Waals surface area (Å²) in [6.45, 7) is 7.01. The van der Waals surface area contributed by atoms with E-state index in [4.69, 9.17) is 0 Å². The van der Waals surface area contributed by atoms with E-state index in [1.54, 1.807) is 11.3 Å². The largest absolute Gasteiger partial charge is 0.370 e. The molecule has 0 aromatic carbocycles. The molecule has 4 heteroatoms. The molecule has 1 aliphatic rings. The Balaban J connectivity index is 1.76. The minimum atomic E-state index is 0.651. The molecule has 2 aromatic heterocycles. The van der Waals surface area contributed by atoms with E-state index < -0.39 is 0 Å². The summed E-state index contributed by atoms with van der Waals surface area (Å²) in [6, 6.07) is 5.59. The van der Waals surface area contributed by atoms with Crippen LogP contribution in [-0.2, 0) is 0 Å². The SMILES string of the molecule is CC(C)N1CCC(N(C)c2ccnc3ccsc23)CC1. The van der Waals surface area contributed by atoms with E-state index >= 15 is 0 Å². The van der Waals surface area contributed by atoms with E-state index in [2.05, 4.69) is 53.2 Å². The summed E-state index contributed by atoms with van der Waals surface area (Å²) in [5.74, 6) is 0. The van der Waals surface area contributed by atoms with Crippen LogP contribution in [0.4, 0.5) is 5.69 Å². The summed E-state index contributed by atoms with van der Waals surface area (Å²) in [5.41, 5.74) is 2.46. The van der Waals surface area contributed by atoms with Gasteiger partial charge >= 0.3 is 0 Å². The number of hydrogen-bond donors (Lipinski definition) is 0. The molecule has 3 rings (SSSR count). The monoisotopic (exact) mass is 289 g/mol. The zero-order chi connectivity index (χ0) is 14.1. The average Bonchev–Trinajstić information content (AvgIpc) is 2.95. The summed E-state index contributed by atoms with van der Waals surface area (Å²) in [4.78, 5) is 9.49. The second-order valence-corrected chi connectivity index (χ2v) is 6.85. The number of hydrogen-bond acceptors (Lipinski definition) is 4. The van der Waals surface area contributed by atoms with Crippen LogP contribution in [0.2, 0.25) is 0 Å². The summed E-state index contributed by atoms with van der Waals surface area (Å²) < 4.78 is 1.32. The molecule has 0 bridgehead atoms. The molecule has 0 N–H and O–H groups in total. The molecule has 2 aromatic rings. The van der Waals surface area contributed by atoms with Gasteiger partial charge in [-0.1, -0.05) is 0 Å². The van der Waals surface area contributed by atoms with Gasteiger partial charge in [0.05, 0.1) is 15.9 Å². The number of anilines is 1. The zero-order valence-corrected chi connectivity index (χ0v) is 13.4. The standard InChI is InChI=1S/C16H23N3S/c1-12(2)19-9-5-13(6-10-19)18(3)15-4-8-17-14-7-11-20-16(14)15/h4,7-8,11-13H,5-6,9-10H2,1-3H3. The van der Waals surface area contributed by atoms with Gasteiger partial charge in [-0.2, -0.15) is 0 Å². The van der Waals surface area contributed by atoms with Crippen LogP contribution in [0.25, 0.3) is 10.2 Å². The van der Waals surface area contributed by atoms with Crippen molar-refractivity contribution in [3.63, 3.8) is 0 Å². The van der Waals surface area contributed by atoms with Gasteiger partial charge in [0.15, 0.2) is 0 Å². The van der Waals surface area contributed by atoms with E-state index in [0.717, 1.165) is 5.52 Å². The quantitative estimate of drug-likeness (QED) is 0.860. The fourth-order valence-electron chi connectivity index (χ4n) is 3.12. The first-order chi connectivity index (χ1) is 9.66. The van der Waals surface area contributed by atoms with Gasteiger partial charge < -0.3 is 9.80 Å². The molecule has 0 amide bonds. The Kier molecular flexibility index (Phi) is 3.94. The van der Waals surface area contributed by atoms with Gasteiger partial charge in [-0.3, -0.25) is 4.98 Å². The van der Waals surface area contributed by atoms with E-state index in [1.165, 1.54) is 36.3 Å². The number of thiophene rings is 1. The molecule has 0 saturated carbocycles. The predicted octanol–water partition coefficient (Wildman–Crippen LogP) is 3.61. The second-order valence-electron chi connectivity index (χ2n) is 5.94. The molecule has 1 aliphatic heterocycles. The Bertz CT molecular complexity index is 570. The van der Waals surface area contributed by atoms with Crippen LogP contribution in [0, 0.1) is 0 Å². The number of fused-ring (bicyclic) bond motifs is 1. The van der Waals surface area contributed by atoms with Crippen molar-refractivity contribution < 1.29 is 0 Å². The molecule has 0 radical (unpaired) electrons. The van der Waals surface area contributed by atoms with Gasteiger partial charge in [0.25, 0.3) is 0 Å². The van der Waals surface area contributed by atoms with E-state index in [-0.39, 0.29) is 0 Å². The Morgan fingerprint density at radius 2 is 2.05 bits per heavy atom. The zero-order valence-electron chi connectivity index (χ0n) is 12.5. The van der Waals surface area contributed by atoms with Crippen molar-refractivity contribution in [2.75, 3.05) is 25.0 Å². The van der Waals surface area contributed by atoms with Crippen molar-refractivity contribution in [1.82, 2.24) is 9.88 Å².